The van der Waals surface area contributed by atoms with Gasteiger partial charge in [-0.3, -0.25) is 4.79 Å². The summed E-state index contributed by atoms with van der Waals surface area (Å²) in [6.07, 6.45) is 0. The van der Waals surface area contributed by atoms with Gasteiger partial charge in [0, 0.05) is 12.1 Å². The summed E-state index contributed by atoms with van der Waals surface area (Å²) < 4.78 is 11.1. The molecule has 0 radical (unpaired) electrons. The number of carbonyl (C=O) groups excluding carboxylic acids is 1. The van der Waals surface area contributed by atoms with Gasteiger partial charge in [0.1, 0.15) is 5.75 Å². The molecule has 1 aromatic heterocycles. The molecule has 20 heavy (non-hydrogen) atoms. The minimum Gasteiger partial charge on any atom is -0.496 e. The Morgan fingerprint density at radius 2 is 2.10 bits per heavy atom. The van der Waals surface area contributed by atoms with Crippen molar-refractivity contribution in [1.82, 2.24) is 5.32 Å². The number of halogens is 1. The first-order valence-electron chi connectivity index (χ1n) is 6.19. The Kier molecular flexibility index (Phi) is 4.49. The van der Waals surface area contributed by atoms with E-state index in [4.69, 9.17) is 9.15 Å². The lowest BCUT2D eigenvalue weighted by Crippen LogP contribution is -2.23. The van der Waals surface area contributed by atoms with Gasteiger partial charge in [0.2, 0.25) is 0 Å². The Bertz CT molecular complexity index is 634. The Balaban J connectivity index is 2.13. The van der Waals surface area contributed by atoms with Gasteiger partial charge in [-0.2, -0.15) is 0 Å². The largest absolute Gasteiger partial charge is 0.496 e. The maximum atomic E-state index is 11.9. The lowest BCUT2D eigenvalue weighted by molar-refractivity contribution is 0.0921. The molecule has 0 fully saturated rings. The van der Waals surface area contributed by atoms with Crippen molar-refractivity contribution in [2.24, 2.45) is 0 Å². The maximum Gasteiger partial charge on any atom is 0.287 e. The molecule has 2 aromatic rings. The molecule has 0 aliphatic carbocycles. The van der Waals surface area contributed by atoms with Crippen LogP contribution in [0.5, 0.6) is 5.75 Å². The van der Waals surface area contributed by atoms with E-state index >= 15 is 0 Å². The molecule has 1 N–H and O–H groups in total. The second-order valence-electron chi connectivity index (χ2n) is 4.55. The Hall–Kier alpha value is -1.75. The first kappa shape index (κ1) is 14.7. The fourth-order valence-electron chi connectivity index (χ4n) is 2.06. The van der Waals surface area contributed by atoms with Gasteiger partial charge in [-0.1, -0.05) is 6.07 Å². The number of carbonyl (C=O) groups is 1. The SMILES string of the molecule is COc1cc(C)cc(C)c1CNC(=O)c1ccc(Br)o1. The third-order valence-corrected chi connectivity index (χ3v) is 3.45. The summed E-state index contributed by atoms with van der Waals surface area (Å²) in [4.78, 5) is 11.9. The van der Waals surface area contributed by atoms with Crippen LogP contribution in [0.25, 0.3) is 0 Å². The minimum atomic E-state index is -0.252. The van der Waals surface area contributed by atoms with Crippen LogP contribution in [0.1, 0.15) is 27.2 Å². The van der Waals surface area contributed by atoms with E-state index in [1.807, 2.05) is 19.9 Å². The first-order chi connectivity index (χ1) is 9.51. The van der Waals surface area contributed by atoms with E-state index in [0.29, 0.717) is 11.2 Å². The van der Waals surface area contributed by atoms with Crippen LogP contribution in [-0.4, -0.2) is 13.0 Å². The molecule has 4 nitrogen and oxygen atoms in total. The first-order valence-corrected chi connectivity index (χ1v) is 6.98. The van der Waals surface area contributed by atoms with Crippen molar-refractivity contribution in [3.63, 3.8) is 0 Å². The summed E-state index contributed by atoms with van der Waals surface area (Å²) in [5, 5.41) is 2.83. The number of rotatable bonds is 4. The third kappa shape index (κ3) is 3.22. The maximum absolute atomic E-state index is 11.9. The molecule has 2 rings (SSSR count). The lowest BCUT2D eigenvalue weighted by Gasteiger charge is -2.13. The molecule has 0 atom stereocenters. The molecule has 0 aliphatic rings. The van der Waals surface area contributed by atoms with Crippen LogP contribution >= 0.6 is 15.9 Å². The zero-order valence-corrected chi connectivity index (χ0v) is 13.2. The van der Waals surface area contributed by atoms with Gasteiger partial charge < -0.3 is 14.5 Å². The zero-order chi connectivity index (χ0) is 14.7. The van der Waals surface area contributed by atoms with Crippen LogP contribution in [0, 0.1) is 13.8 Å². The summed E-state index contributed by atoms with van der Waals surface area (Å²) >= 11 is 3.17. The van der Waals surface area contributed by atoms with Crippen molar-refractivity contribution in [2.45, 2.75) is 20.4 Å². The summed E-state index contributed by atoms with van der Waals surface area (Å²) in [7, 11) is 1.63. The van der Waals surface area contributed by atoms with Gasteiger partial charge in [-0.15, -0.1) is 0 Å². The molecular weight excluding hydrogens is 322 g/mol. The summed E-state index contributed by atoms with van der Waals surface area (Å²) in [5.41, 5.74) is 3.18. The molecule has 0 saturated heterocycles. The topological polar surface area (TPSA) is 51.5 Å². The van der Waals surface area contributed by atoms with Crippen LogP contribution in [0.3, 0.4) is 0 Å². The Morgan fingerprint density at radius 3 is 2.70 bits per heavy atom. The van der Waals surface area contributed by atoms with E-state index in [2.05, 4.69) is 27.3 Å². The molecule has 5 heteroatoms. The average molecular weight is 338 g/mol. The lowest BCUT2D eigenvalue weighted by atomic mass is 10.0. The standard InChI is InChI=1S/C15H16BrNO3/c1-9-6-10(2)11(13(7-9)19-3)8-17-15(18)12-4-5-14(16)20-12/h4-7H,8H2,1-3H3,(H,17,18). The molecule has 0 aliphatic heterocycles. The van der Waals surface area contributed by atoms with Crippen molar-refractivity contribution in [3.05, 3.63) is 51.4 Å². The highest BCUT2D eigenvalue weighted by atomic mass is 79.9. The quantitative estimate of drug-likeness (QED) is 0.927. The van der Waals surface area contributed by atoms with E-state index in [1.165, 1.54) is 0 Å². The molecule has 106 valence electrons. The van der Waals surface area contributed by atoms with Crippen LogP contribution in [0.2, 0.25) is 0 Å². The molecular formula is C15H16BrNO3. The summed E-state index contributed by atoms with van der Waals surface area (Å²) in [6, 6.07) is 7.33. The number of hydrogen-bond acceptors (Lipinski definition) is 3. The molecule has 0 bridgehead atoms. The van der Waals surface area contributed by atoms with E-state index in [0.717, 1.165) is 22.4 Å². The van der Waals surface area contributed by atoms with E-state index in [-0.39, 0.29) is 11.7 Å². The average Bonchev–Trinajstić information content (AvgIpc) is 2.83. The molecule has 1 heterocycles. The van der Waals surface area contributed by atoms with Gasteiger partial charge >= 0.3 is 0 Å². The second kappa shape index (κ2) is 6.13. The number of furan rings is 1. The predicted octanol–water partition coefficient (Wildman–Crippen LogP) is 3.60. The Labute approximate surface area is 126 Å². The summed E-state index contributed by atoms with van der Waals surface area (Å²) in [5.74, 6) is 0.807. The minimum absolute atomic E-state index is 0.252. The van der Waals surface area contributed by atoms with E-state index < -0.39 is 0 Å². The van der Waals surface area contributed by atoms with Crippen molar-refractivity contribution >= 4 is 21.8 Å². The molecule has 0 unspecified atom stereocenters. The number of benzene rings is 1. The van der Waals surface area contributed by atoms with Crippen LogP contribution in [-0.2, 0) is 6.54 Å². The molecule has 1 amide bonds. The number of amides is 1. The monoisotopic (exact) mass is 337 g/mol. The zero-order valence-electron chi connectivity index (χ0n) is 11.6. The number of hydrogen-bond donors (Lipinski definition) is 1. The highest BCUT2D eigenvalue weighted by Crippen LogP contribution is 2.24. The van der Waals surface area contributed by atoms with Gasteiger partial charge in [0.05, 0.1) is 7.11 Å². The third-order valence-electron chi connectivity index (χ3n) is 3.02. The molecule has 1 aromatic carbocycles. The van der Waals surface area contributed by atoms with Crippen molar-refractivity contribution < 1.29 is 13.9 Å². The number of ether oxygens (including phenoxy) is 1. The van der Waals surface area contributed by atoms with Gasteiger partial charge in [-0.05, 0) is 59.1 Å². The van der Waals surface area contributed by atoms with Crippen LogP contribution in [0.4, 0.5) is 0 Å². The van der Waals surface area contributed by atoms with Gasteiger partial charge in [-0.25, -0.2) is 0 Å². The van der Waals surface area contributed by atoms with Crippen molar-refractivity contribution in [2.75, 3.05) is 7.11 Å². The molecule has 0 spiro atoms. The Morgan fingerprint density at radius 1 is 1.35 bits per heavy atom. The van der Waals surface area contributed by atoms with Crippen molar-refractivity contribution in [1.29, 1.82) is 0 Å². The highest BCUT2D eigenvalue weighted by molar-refractivity contribution is 9.10. The van der Waals surface area contributed by atoms with Gasteiger partial charge in [0.25, 0.3) is 5.91 Å². The summed E-state index contributed by atoms with van der Waals surface area (Å²) in [6.45, 7) is 4.41. The second-order valence-corrected chi connectivity index (χ2v) is 5.33. The fraction of sp³-hybridized carbons (Fsp3) is 0.267. The fourth-order valence-corrected chi connectivity index (χ4v) is 2.37. The van der Waals surface area contributed by atoms with Gasteiger partial charge in [0.15, 0.2) is 10.4 Å². The normalized spacial score (nSPS) is 10.4. The number of nitrogens with one attached hydrogen (secondary N) is 1. The van der Waals surface area contributed by atoms with Crippen LogP contribution in [0.15, 0.2) is 33.4 Å². The van der Waals surface area contributed by atoms with Crippen LogP contribution < -0.4 is 10.1 Å². The number of methoxy groups -OCH3 is 1. The van der Waals surface area contributed by atoms with Crippen molar-refractivity contribution in [3.8, 4) is 5.75 Å². The van der Waals surface area contributed by atoms with E-state index in [9.17, 15) is 4.79 Å². The van der Waals surface area contributed by atoms with E-state index in [1.54, 1.807) is 19.2 Å². The molecule has 0 saturated carbocycles. The predicted molar refractivity (Wildman–Crippen MR) is 80.0 cm³/mol. The smallest absolute Gasteiger partial charge is 0.287 e. The number of aryl methyl sites for hydroxylation is 2. The highest BCUT2D eigenvalue weighted by Gasteiger charge is 2.13.